The summed E-state index contributed by atoms with van der Waals surface area (Å²) in [6.45, 7) is 2.88. The maximum Gasteiger partial charge on any atom is 0.212 e. The first-order chi connectivity index (χ1) is 12.2. The third kappa shape index (κ3) is 5.06. The first-order valence-corrected chi connectivity index (χ1v) is 9.10. The fourth-order valence-electron chi connectivity index (χ4n) is 3.26. The van der Waals surface area contributed by atoms with E-state index in [-0.39, 0.29) is 0 Å². The zero-order valence-electron chi connectivity index (χ0n) is 14.7. The summed E-state index contributed by atoms with van der Waals surface area (Å²) in [6, 6.07) is 11.6. The van der Waals surface area contributed by atoms with Gasteiger partial charge in [-0.2, -0.15) is 4.39 Å². The number of benzene rings is 1. The first-order valence-electron chi connectivity index (χ1n) is 9.10. The molecule has 0 bridgehead atoms. The van der Waals surface area contributed by atoms with Crippen LogP contribution in [0.2, 0.25) is 0 Å². The molecule has 0 aliphatic heterocycles. The summed E-state index contributed by atoms with van der Waals surface area (Å²) >= 11 is 0. The van der Waals surface area contributed by atoms with Crippen molar-refractivity contribution < 1.29 is 9.13 Å². The molecule has 0 spiro atoms. The minimum Gasteiger partial charge on any atom is -0.494 e. The molecule has 1 heterocycles. The number of hydrogen-bond donors (Lipinski definition) is 0. The number of pyridine rings is 1. The zero-order chi connectivity index (χ0) is 17.5. The second-order valence-electron chi connectivity index (χ2n) is 6.60. The van der Waals surface area contributed by atoms with Crippen LogP contribution in [0.15, 0.2) is 42.6 Å². The van der Waals surface area contributed by atoms with E-state index in [4.69, 9.17) is 4.74 Å². The van der Waals surface area contributed by atoms with Gasteiger partial charge in [0.05, 0.1) is 6.61 Å². The quantitative estimate of drug-likeness (QED) is 0.555. The smallest absolute Gasteiger partial charge is 0.212 e. The molecule has 1 saturated carbocycles. The number of halogens is 1. The molecule has 25 heavy (non-hydrogen) atoms. The lowest BCUT2D eigenvalue weighted by Crippen LogP contribution is -2.12. The molecule has 1 fully saturated rings. The highest BCUT2D eigenvalue weighted by Gasteiger charge is 2.21. The van der Waals surface area contributed by atoms with Crippen LogP contribution in [0.5, 0.6) is 5.75 Å². The van der Waals surface area contributed by atoms with Crippen molar-refractivity contribution in [1.29, 1.82) is 0 Å². The lowest BCUT2D eigenvalue weighted by Gasteiger charge is -2.26. The van der Waals surface area contributed by atoms with Crippen LogP contribution in [-0.2, 0) is 0 Å². The van der Waals surface area contributed by atoms with Gasteiger partial charge in [0.15, 0.2) is 0 Å². The maximum absolute atomic E-state index is 12.8. The Balaban J connectivity index is 1.52. The van der Waals surface area contributed by atoms with E-state index in [0.29, 0.717) is 11.8 Å². The van der Waals surface area contributed by atoms with E-state index in [1.54, 1.807) is 6.07 Å². The third-order valence-electron chi connectivity index (χ3n) is 4.70. The van der Waals surface area contributed by atoms with E-state index < -0.39 is 5.95 Å². The Bertz CT molecular complexity index is 719. The molecule has 0 amide bonds. The molecule has 1 aromatic carbocycles. The molecule has 0 atom stereocenters. The van der Waals surface area contributed by atoms with Gasteiger partial charge in [0, 0.05) is 17.7 Å². The molecule has 3 heteroatoms. The third-order valence-corrected chi connectivity index (χ3v) is 4.70. The van der Waals surface area contributed by atoms with Crippen molar-refractivity contribution in [3.8, 4) is 17.6 Å². The Morgan fingerprint density at radius 1 is 1.08 bits per heavy atom. The predicted molar refractivity (Wildman–Crippen MR) is 98.0 cm³/mol. The maximum atomic E-state index is 12.8. The number of hydrogen-bond acceptors (Lipinski definition) is 2. The summed E-state index contributed by atoms with van der Waals surface area (Å²) < 4.78 is 18.5. The lowest BCUT2D eigenvalue weighted by molar-refractivity contribution is 0.317. The summed E-state index contributed by atoms with van der Waals surface area (Å²) in [5.41, 5.74) is 2.18. The minimum atomic E-state index is -0.461. The normalized spacial score (nSPS) is 19.8. The van der Waals surface area contributed by atoms with Crippen LogP contribution in [0.1, 0.15) is 56.1 Å². The van der Waals surface area contributed by atoms with Crippen molar-refractivity contribution >= 4 is 0 Å². The van der Waals surface area contributed by atoms with Crippen molar-refractivity contribution in [3.63, 3.8) is 0 Å². The van der Waals surface area contributed by atoms with Gasteiger partial charge in [-0.3, -0.25) is 0 Å². The van der Waals surface area contributed by atoms with Crippen LogP contribution < -0.4 is 4.74 Å². The SMILES string of the molecule is CCCOc1ccc(C2CCC(C#Cc3ccc(F)nc3)CC2)cc1. The van der Waals surface area contributed by atoms with E-state index >= 15 is 0 Å². The van der Waals surface area contributed by atoms with Crippen LogP contribution in [-0.4, -0.2) is 11.6 Å². The summed E-state index contributed by atoms with van der Waals surface area (Å²) in [5, 5.41) is 0. The van der Waals surface area contributed by atoms with Gasteiger partial charge >= 0.3 is 0 Å². The minimum absolute atomic E-state index is 0.425. The van der Waals surface area contributed by atoms with Gasteiger partial charge in [0.2, 0.25) is 5.95 Å². The van der Waals surface area contributed by atoms with Crippen molar-refractivity contribution in [2.24, 2.45) is 5.92 Å². The molecular weight excluding hydrogens is 313 g/mol. The molecule has 1 aliphatic rings. The summed E-state index contributed by atoms with van der Waals surface area (Å²) in [7, 11) is 0. The van der Waals surface area contributed by atoms with Gasteiger partial charge < -0.3 is 4.74 Å². The fourth-order valence-corrected chi connectivity index (χ4v) is 3.26. The Kier molecular flexibility index (Phi) is 6.06. The van der Waals surface area contributed by atoms with E-state index in [1.807, 2.05) is 0 Å². The largest absolute Gasteiger partial charge is 0.494 e. The Labute approximate surface area is 149 Å². The van der Waals surface area contributed by atoms with Crippen molar-refractivity contribution in [3.05, 3.63) is 59.7 Å². The molecule has 1 aliphatic carbocycles. The second kappa shape index (κ2) is 8.67. The van der Waals surface area contributed by atoms with Crippen LogP contribution >= 0.6 is 0 Å². The number of aromatic nitrogens is 1. The van der Waals surface area contributed by atoms with Crippen molar-refractivity contribution in [1.82, 2.24) is 4.98 Å². The summed E-state index contributed by atoms with van der Waals surface area (Å²) in [6.07, 6.45) is 7.07. The summed E-state index contributed by atoms with van der Waals surface area (Å²) in [5.74, 6) is 7.99. The standard InChI is InChI=1S/C22H24FNO/c1-2-15-25-21-12-10-20(11-13-21)19-8-5-17(6-9-19)3-4-18-7-14-22(23)24-16-18/h7,10-14,16-17,19H,2,5-6,8-9,15H2,1H3. The van der Waals surface area contributed by atoms with Gasteiger partial charge in [0.1, 0.15) is 5.75 Å². The van der Waals surface area contributed by atoms with Crippen LogP contribution in [0.4, 0.5) is 4.39 Å². The predicted octanol–water partition coefficient (Wildman–Crippen LogP) is 5.34. The lowest BCUT2D eigenvalue weighted by atomic mass is 9.79. The first kappa shape index (κ1) is 17.5. The summed E-state index contributed by atoms with van der Waals surface area (Å²) in [4.78, 5) is 3.64. The molecule has 2 nitrogen and oxygen atoms in total. The van der Waals surface area contributed by atoms with Gasteiger partial charge in [0.25, 0.3) is 0 Å². The molecule has 0 saturated heterocycles. The molecule has 2 aromatic rings. The molecule has 3 rings (SSSR count). The molecule has 130 valence electrons. The van der Waals surface area contributed by atoms with Crippen LogP contribution in [0.25, 0.3) is 0 Å². The van der Waals surface area contributed by atoms with Crippen molar-refractivity contribution in [2.45, 2.75) is 44.9 Å². The topological polar surface area (TPSA) is 22.1 Å². The average molecular weight is 337 g/mol. The van der Waals surface area contributed by atoms with E-state index in [1.165, 1.54) is 17.8 Å². The van der Waals surface area contributed by atoms with E-state index in [2.05, 4.69) is 48.0 Å². The Hall–Kier alpha value is -2.34. The highest BCUT2D eigenvalue weighted by Crippen LogP contribution is 2.36. The van der Waals surface area contributed by atoms with Crippen LogP contribution in [0, 0.1) is 23.7 Å². The molecular formula is C22H24FNO. The van der Waals surface area contributed by atoms with E-state index in [9.17, 15) is 4.39 Å². The van der Waals surface area contributed by atoms with Gasteiger partial charge in [-0.1, -0.05) is 30.9 Å². The zero-order valence-corrected chi connectivity index (χ0v) is 14.7. The Morgan fingerprint density at radius 2 is 1.84 bits per heavy atom. The van der Waals surface area contributed by atoms with Crippen molar-refractivity contribution in [2.75, 3.05) is 6.61 Å². The number of rotatable bonds is 4. The Morgan fingerprint density at radius 3 is 2.48 bits per heavy atom. The van der Waals surface area contributed by atoms with Gasteiger partial charge in [-0.15, -0.1) is 0 Å². The average Bonchev–Trinajstić information content (AvgIpc) is 2.67. The molecule has 0 N–H and O–H groups in total. The molecule has 0 unspecified atom stereocenters. The highest BCUT2D eigenvalue weighted by atomic mass is 19.1. The highest BCUT2D eigenvalue weighted by molar-refractivity contribution is 5.33. The molecule has 1 aromatic heterocycles. The number of nitrogens with zero attached hydrogens (tertiary/aromatic N) is 1. The van der Waals surface area contributed by atoms with Gasteiger partial charge in [-0.25, -0.2) is 4.98 Å². The second-order valence-corrected chi connectivity index (χ2v) is 6.60. The fraction of sp³-hybridized carbons (Fsp3) is 0.409. The molecule has 0 radical (unpaired) electrons. The van der Waals surface area contributed by atoms with E-state index in [0.717, 1.165) is 50.0 Å². The van der Waals surface area contributed by atoms with Crippen LogP contribution in [0.3, 0.4) is 0 Å². The monoisotopic (exact) mass is 337 g/mol. The number of ether oxygens (including phenoxy) is 1. The van der Waals surface area contributed by atoms with Gasteiger partial charge in [-0.05, 0) is 67.9 Å².